The third kappa shape index (κ3) is 4.17. The molecule has 0 spiro atoms. The number of piperidine rings is 1. The molecular formula is C19H28ClN3O2. The van der Waals surface area contributed by atoms with Crippen molar-refractivity contribution in [2.75, 3.05) is 6.54 Å². The fourth-order valence-corrected chi connectivity index (χ4v) is 3.75. The molecule has 3 rings (SSSR count). The highest BCUT2D eigenvalue weighted by molar-refractivity contribution is 6.30. The fraction of sp³-hybridized carbons (Fsp3) is 0.632. The minimum Gasteiger partial charge on any atom is -0.356 e. The van der Waals surface area contributed by atoms with Crippen LogP contribution in [0.25, 0.3) is 5.65 Å². The van der Waals surface area contributed by atoms with E-state index in [1.807, 2.05) is 55.3 Å². The summed E-state index contributed by atoms with van der Waals surface area (Å²) in [6.07, 6.45) is 4.98. The van der Waals surface area contributed by atoms with E-state index in [0.29, 0.717) is 11.6 Å². The van der Waals surface area contributed by atoms with Crippen LogP contribution < -0.4 is 0 Å². The molecule has 0 amide bonds. The number of halogens is 1. The van der Waals surface area contributed by atoms with E-state index in [-0.39, 0.29) is 11.6 Å². The van der Waals surface area contributed by atoms with Gasteiger partial charge in [0.25, 0.3) is 0 Å². The van der Waals surface area contributed by atoms with Crippen LogP contribution in [0.1, 0.15) is 51.3 Å². The van der Waals surface area contributed by atoms with Crippen LogP contribution in [-0.4, -0.2) is 44.0 Å². The molecule has 2 unspecified atom stereocenters. The summed E-state index contributed by atoms with van der Waals surface area (Å²) >= 11 is 6.57. The molecule has 3 heterocycles. The van der Waals surface area contributed by atoms with E-state index in [0.717, 1.165) is 42.7 Å². The number of aliphatic hydroxyl groups excluding tert-OH is 1. The van der Waals surface area contributed by atoms with Gasteiger partial charge in [0.15, 0.2) is 0 Å². The Kier molecular flexibility index (Phi) is 5.40. The van der Waals surface area contributed by atoms with Crippen molar-refractivity contribution in [3.63, 3.8) is 0 Å². The van der Waals surface area contributed by atoms with Crippen LogP contribution in [0.5, 0.6) is 0 Å². The molecule has 0 aromatic carbocycles. The second kappa shape index (κ2) is 7.23. The summed E-state index contributed by atoms with van der Waals surface area (Å²) in [6, 6.07) is 4.19. The quantitative estimate of drug-likeness (QED) is 0.837. The number of hydrogen-bond donors (Lipinski definition) is 1. The predicted octanol–water partition coefficient (Wildman–Crippen LogP) is 3.78. The third-order valence-corrected chi connectivity index (χ3v) is 5.10. The Bertz CT molecular complexity index is 738. The number of ether oxygens (including phenoxy) is 1. The van der Waals surface area contributed by atoms with E-state index < -0.39 is 6.41 Å². The van der Waals surface area contributed by atoms with E-state index in [1.165, 1.54) is 0 Å². The van der Waals surface area contributed by atoms with E-state index in [4.69, 9.17) is 21.3 Å². The SMILES string of the molecule is Cc1cccn2c(Cl)c(CC3CCCCN3C(O)OC(C)(C)C)nc12. The molecule has 25 heavy (non-hydrogen) atoms. The average Bonchev–Trinajstić information content (AvgIpc) is 2.84. The number of fused-ring (bicyclic) bond motifs is 1. The van der Waals surface area contributed by atoms with Crippen LogP contribution in [0.2, 0.25) is 5.15 Å². The molecule has 0 radical (unpaired) electrons. The molecule has 5 nitrogen and oxygen atoms in total. The van der Waals surface area contributed by atoms with E-state index >= 15 is 0 Å². The summed E-state index contributed by atoms with van der Waals surface area (Å²) < 4.78 is 7.71. The van der Waals surface area contributed by atoms with Crippen molar-refractivity contribution in [3.8, 4) is 0 Å². The Morgan fingerprint density at radius 3 is 2.84 bits per heavy atom. The normalized spacial score (nSPS) is 21.0. The van der Waals surface area contributed by atoms with E-state index in [2.05, 4.69) is 0 Å². The zero-order chi connectivity index (χ0) is 18.2. The third-order valence-electron chi connectivity index (χ3n) is 4.70. The van der Waals surface area contributed by atoms with Gasteiger partial charge < -0.3 is 9.84 Å². The summed E-state index contributed by atoms with van der Waals surface area (Å²) in [4.78, 5) is 6.80. The molecule has 6 heteroatoms. The monoisotopic (exact) mass is 365 g/mol. The van der Waals surface area contributed by atoms with Gasteiger partial charge in [-0.25, -0.2) is 4.98 Å². The second-order valence-corrected chi connectivity index (χ2v) is 8.24. The van der Waals surface area contributed by atoms with Crippen molar-refractivity contribution in [2.45, 2.75) is 71.4 Å². The Morgan fingerprint density at radius 2 is 2.16 bits per heavy atom. The van der Waals surface area contributed by atoms with Gasteiger partial charge >= 0.3 is 0 Å². The molecule has 2 aromatic heterocycles. The Morgan fingerprint density at radius 1 is 1.40 bits per heavy atom. The Labute approximate surface area is 154 Å². The number of hydrogen-bond acceptors (Lipinski definition) is 4. The number of aliphatic hydroxyl groups is 1. The van der Waals surface area contributed by atoms with Crippen LogP contribution in [0.3, 0.4) is 0 Å². The van der Waals surface area contributed by atoms with Crippen LogP contribution in [-0.2, 0) is 11.2 Å². The van der Waals surface area contributed by atoms with Crippen molar-refractivity contribution in [3.05, 3.63) is 34.7 Å². The lowest BCUT2D eigenvalue weighted by molar-refractivity contribution is -0.252. The highest BCUT2D eigenvalue weighted by Gasteiger charge is 2.32. The van der Waals surface area contributed by atoms with Gasteiger partial charge in [0.05, 0.1) is 11.3 Å². The van der Waals surface area contributed by atoms with Crippen LogP contribution >= 0.6 is 11.6 Å². The minimum absolute atomic E-state index is 0.175. The molecule has 1 aliphatic rings. The number of pyridine rings is 1. The zero-order valence-corrected chi connectivity index (χ0v) is 16.3. The molecule has 0 saturated carbocycles. The molecule has 2 aromatic rings. The number of imidazole rings is 1. The first-order valence-corrected chi connectivity index (χ1v) is 9.38. The first-order chi connectivity index (χ1) is 11.8. The number of aryl methyl sites for hydroxylation is 1. The number of rotatable bonds is 4. The van der Waals surface area contributed by atoms with E-state index in [9.17, 15) is 5.11 Å². The summed E-state index contributed by atoms with van der Waals surface area (Å²) in [5.41, 5.74) is 2.50. The summed E-state index contributed by atoms with van der Waals surface area (Å²) in [5, 5.41) is 11.2. The largest absolute Gasteiger partial charge is 0.356 e. The maximum Gasteiger partial charge on any atom is 0.216 e. The summed E-state index contributed by atoms with van der Waals surface area (Å²) in [6.45, 7) is 8.73. The van der Waals surface area contributed by atoms with Gasteiger partial charge in [0.1, 0.15) is 10.8 Å². The van der Waals surface area contributed by atoms with Crippen LogP contribution in [0, 0.1) is 6.92 Å². The minimum atomic E-state index is -0.900. The first-order valence-electron chi connectivity index (χ1n) is 9.00. The molecule has 138 valence electrons. The maximum atomic E-state index is 10.6. The number of aromatic nitrogens is 2. The highest BCUT2D eigenvalue weighted by Crippen LogP contribution is 2.28. The summed E-state index contributed by atoms with van der Waals surface area (Å²) in [5.74, 6) is 0. The standard InChI is InChI=1S/C19H28ClN3O2/c1-13-8-7-11-23-16(20)15(21-17(13)23)12-14-9-5-6-10-22(14)18(24)25-19(2,3)4/h7-8,11,14,18,24H,5-6,9-10,12H2,1-4H3. The van der Waals surface area contributed by atoms with Gasteiger partial charge in [-0.05, 0) is 52.2 Å². The fourth-order valence-electron chi connectivity index (χ4n) is 3.49. The van der Waals surface area contributed by atoms with Crippen molar-refractivity contribution in [1.29, 1.82) is 0 Å². The van der Waals surface area contributed by atoms with Crippen LogP contribution in [0.15, 0.2) is 18.3 Å². The molecule has 2 atom stereocenters. The van der Waals surface area contributed by atoms with Gasteiger partial charge in [-0.2, -0.15) is 0 Å². The average molecular weight is 366 g/mol. The highest BCUT2D eigenvalue weighted by atomic mass is 35.5. The zero-order valence-electron chi connectivity index (χ0n) is 15.5. The molecule has 0 aliphatic carbocycles. The lowest BCUT2D eigenvalue weighted by Gasteiger charge is -2.40. The Balaban J connectivity index is 1.82. The number of nitrogens with zero attached hydrogens (tertiary/aromatic N) is 3. The lowest BCUT2D eigenvalue weighted by atomic mass is 9.98. The molecule has 1 N–H and O–H groups in total. The molecule has 1 fully saturated rings. The van der Waals surface area contributed by atoms with Gasteiger partial charge in [-0.1, -0.05) is 24.1 Å². The topological polar surface area (TPSA) is 50.0 Å². The van der Waals surface area contributed by atoms with Crippen molar-refractivity contribution in [1.82, 2.24) is 14.3 Å². The smallest absolute Gasteiger partial charge is 0.216 e. The first kappa shape index (κ1) is 18.6. The van der Waals surface area contributed by atoms with Gasteiger partial charge in [0.2, 0.25) is 6.41 Å². The molecule has 0 bridgehead atoms. The van der Waals surface area contributed by atoms with Gasteiger partial charge in [-0.15, -0.1) is 0 Å². The van der Waals surface area contributed by atoms with Crippen molar-refractivity contribution >= 4 is 17.2 Å². The maximum absolute atomic E-state index is 10.6. The van der Waals surface area contributed by atoms with Gasteiger partial charge in [0, 0.05) is 25.2 Å². The molecule has 1 saturated heterocycles. The van der Waals surface area contributed by atoms with Crippen LogP contribution in [0.4, 0.5) is 0 Å². The van der Waals surface area contributed by atoms with Crippen molar-refractivity contribution in [2.24, 2.45) is 0 Å². The predicted molar refractivity (Wildman–Crippen MR) is 99.8 cm³/mol. The lowest BCUT2D eigenvalue weighted by Crippen LogP contribution is -2.50. The van der Waals surface area contributed by atoms with E-state index in [1.54, 1.807) is 0 Å². The second-order valence-electron chi connectivity index (χ2n) is 7.88. The molecular weight excluding hydrogens is 338 g/mol. The summed E-state index contributed by atoms with van der Waals surface area (Å²) in [7, 11) is 0. The van der Waals surface area contributed by atoms with Gasteiger partial charge in [-0.3, -0.25) is 9.30 Å². The Hall–Kier alpha value is -1.14. The number of likely N-dealkylation sites (tertiary alicyclic amines) is 1. The molecule has 1 aliphatic heterocycles. The van der Waals surface area contributed by atoms with Crippen molar-refractivity contribution < 1.29 is 9.84 Å².